The largest absolute Gasteiger partial charge is 0.467 e. The molecule has 12 rings (SSSR count). The summed E-state index contributed by atoms with van der Waals surface area (Å²) in [7, 11) is 3.06. The number of methoxy groups -OCH3 is 2. The van der Waals surface area contributed by atoms with E-state index < -0.39 is 12.3 Å². The molecule has 6 unspecified atom stereocenters. The summed E-state index contributed by atoms with van der Waals surface area (Å²) < 4.78 is 56.3. The zero-order valence-corrected chi connectivity index (χ0v) is 40.2. The van der Waals surface area contributed by atoms with Crippen LogP contribution in [0, 0.1) is 13.8 Å². The number of ether oxygens (including phenoxy) is 4. The number of alkyl halides is 2. The number of halogens is 2. The molecule has 18 nitrogen and oxygen atoms in total. The highest BCUT2D eigenvalue weighted by Crippen LogP contribution is 2.39. The molecule has 372 valence electrons. The average Bonchev–Trinajstić information content (AvgIpc) is 4.20. The van der Waals surface area contributed by atoms with E-state index in [-0.39, 0.29) is 36.1 Å². The van der Waals surface area contributed by atoms with E-state index in [1.807, 2.05) is 34.3 Å². The number of piperidine rings is 2. The van der Waals surface area contributed by atoms with Gasteiger partial charge in [-0.2, -0.15) is 30.1 Å². The van der Waals surface area contributed by atoms with Gasteiger partial charge in [0.05, 0.1) is 63.1 Å². The van der Waals surface area contributed by atoms with Crippen LogP contribution in [-0.2, 0) is 9.47 Å². The second-order valence-electron chi connectivity index (χ2n) is 19.8. The summed E-state index contributed by atoms with van der Waals surface area (Å²) in [6.07, 6.45) is 4.59. The molecular formula is C50H62F2N12O6. The Bertz CT molecular complexity index is 2640. The molecule has 6 saturated heterocycles. The minimum absolute atomic E-state index is 0.153. The minimum atomic E-state index is -0.930. The van der Waals surface area contributed by atoms with Gasteiger partial charge in [-0.1, -0.05) is 0 Å². The molecular weight excluding hydrogens is 903 g/mol. The van der Waals surface area contributed by atoms with E-state index in [0.717, 1.165) is 96.0 Å². The number of aryl methyl sites for hydroxylation is 2. The molecule has 0 bridgehead atoms. The zero-order valence-electron chi connectivity index (χ0n) is 40.2. The van der Waals surface area contributed by atoms with Crippen molar-refractivity contribution < 1.29 is 37.9 Å². The van der Waals surface area contributed by atoms with Crippen molar-refractivity contribution in [2.45, 2.75) is 88.0 Å². The molecule has 6 atom stereocenters. The summed E-state index contributed by atoms with van der Waals surface area (Å²) in [5.41, 5.74) is 5.97. The maximum atomic E-state index is 15.5. The van der Waals surface area contributed by atoms with Crippen molar-refractivity contribution >= 4 is 33.4 Å². The van der Waals surface area contributed by atoms with Crippen molar-refractivity contribution in [2.75, 3.05) is 103 Å². The fourth-order valence-corrected chi connectivity index (χ4v) is 11.2. The summed E-state index contributed by atoms with van der Waals surface area (Å²) in [5.74, 6) is 2.20. The van der Waals surface area contributed by atoms with Crippen LogP contribution in [0.4, 0.5) is 20.4 Å². The molecule has 2 N–H and O–H groups in total. The van der Waals surface area contributed by atoms with E-state index in [0.29, 0.717) is 87.8 Å². The van der Waals surface area contributed by atoms with Crippen molar-refractivity contribution in [1.29, 1.82) is 0 Å². The highest BCUT2D eigenvalue weighted by Gasteiger charge is 2.38. The number of fused-ring (bicyclic) bond motifs is 2. The maximum Gasteiger partial charge on any atom is 0.320 e. The first-order chi connectivity index (χ1) is 34.0. The fourth-order valence-electron chi connectivity index (χ4n) is 11.2. The number of hydrogen-bond donors (Lipinski definition) is 2. The van der Waals surface area contributed by atoms with Crippen LogP contribution in [0.5, 0.6) is 12.0 Å². The van der Waals surface area contributed by atoms with Crippen LogP contribution in [-0.4, -0.2) is 189 Å². The zero-order chi connectivity index (χ0) is 48.2. The van der Waals surface area contributed by atoms with Crippen LogP contribution in [0.2, 0.25) is 0 Å². The van der Waals surface area contributed by atoms with Crippen LogP contribution in [0.3, 0.4) is 0 Å². The van der Waals surface area contributed by atoms with Gasteiger partial charge in [0.15, 0.2) is 11.6 Å². The number of hydrogen-bond acceptors (Lipinski definition) is 16. The summed E-state index contributed by atoms with van der Waals surface area (Å²) in [6, 6.07) is 13.2. The first-order valence-electron chi connectivity index (χ1n) is 24.6. The van der Waals surface area contributed by atoms with Crippen LogP contribution in [0.1, 0.15) is 59.8 Å². The molecule has 10 heterocycles. The van der Waals surface area contributed by atoms with Crippen LogP contribution in [0.25, 0.3) is 33.4 Å². The molecule has 2 aromatic carbocycles. The van der Waals surface area contributed by atoms with Crippen molar-refractivity contribution in [1.82, 2.24) is 49.3 Å². The van der Waals surface area contributed by atoms with E-state index in [9.17, 15) is 10.2 Å². The molecule has 70 heavy (non-hydrogen) atoms. The normalized spacial score (nSPS) is 25.8. The van der Waals surface area contributed by atoms with Gasteiger partial charge >= 0.3 is 12.0 Å². The lowest BCUT2D eigenvalue weighted by Crippen LogP contribution is -2.51. The molecule has 20 heteroatoms. The third kappa shape index (κ3) is 9.13. The number of aliphatic hydroxyl groups is 2. The lowest BCUT2D eigenvalue weighted by Gasteiger charge is -2.38. The van der Waals surface area contributed by atoms with Gasteiger partial charge < -0.3 is 39.0 Å². The summed E-state index contributed by atoms with van der Waals surface area (Å²) in [5, 5.41) is 30.6. The van der Waals surface area contributed by atoms with Gasteiger partial charge in [-0.25, -0.2) is 18.1 Å². The van der Waals surface area contributed by atoms with Crippen LogP contribution < -0.4 is 19.3 Å². The summed E-state index contributed by atoms with van der Waals surface area (Å²) in [4.78, 5) is 26.4. The number of likely N-dealkylation sites (tertiary alicyclic amines) is 2. The number of aromatic nitrogens is 8. The molecule has 6 aromatic rings. The molecule has 6 fully saturated rings. The van der Waals surface area contributed by atoms with Gasteiger partial charge in [-0.3, -0.25) is 9.80 Å². The lowest BCUT2D eigenvalue weighted by molar-refractivity contribution is 0.0727. The van der Waals surface area contributed by atoms with Gasteiger partial charge in [0.25, 0.3) is 0 Å². The van der Waals surface area contributed by atoms with E-state index in [1.54, 1.807) is 9.36 Å². The summed E-state index contributed by atoms with van der Waals surface area (Å²) in [6.45, 7) is 11.8. The van der Waals surface area contributed by atoms with Crippen molar-refractivity contribution in [3.8, 4) is 23.7 Å². The SMILES string of the molecule is COc1nc(N2CC(O)C2)cc(-n2ncc3cc(C)c(C4CCN(C5CCOC5)CC4F)cc32)n1.COc1nc(N2CC(O)C2)cc(-n2ncc3cc(C)c(C4CCN(C5CCOC5)CC4F)cc32)n1. The highest BCUT2D eigenvalue weighted by atomic mass is 19.1. The number of benzene rings is 2. The smallest absolute Gasteiger partial charge is 0.320 e. The van der Waals surface area contributed by atoms with Crippen LogP contribution in [0.15, 0.2) is 48.8 Å². The number of aliphatic hydroxyl groups excluding tert-OH is 2. The van der Waals surface area contributed by atoms with Gasteiger partial charge in [0, 0.05) is 99.3 Å². The molecule has 4 aromatic heterocycles. The maximum absolute atomic E-state index is 15.5. The van der Waals surface area contributed by atoms with E-state index in [1.165, 1.54) is 14.2 Å². The lowest BCUT2D eigenvalue weighted by atomic mass is 9.84. The molecule has 6 aliphatic heterocycles. The Morgan fingerprint density at radius 3 is 1.33 bits per heavy atom. The van der Waals surface area contributed by atoms with E-state index >= 15 is 8.78 Å². The number of β-amino-alcohol motifs (C(OH)–C–C–N with tert-alkyl or cyclic N) is 2. The monoisotopic (exact) mass is 964 g/mol. The predicted molar refractivity (Wildman–Crippen MR) is 258 cm³/mol. The number of nitrogens with zero attached hydrogens (tertiary/aromatic N) is 12. The Morgan fingerprint density at radius 1 is 0.557 bits per heavy atom. The van der Waals surface area contributed by atoms with Gasteiger partial charge in [-0.05, 0) is 99.1 Å². The Kier molecular flexibility index (Phi) is 13.0. The molecule has 0 amide bonds. The first kappa shape index (κ1) is 46.7. The summed E-state index contributed by atoms with van der Waals surface area (Å²) >= 11 is 0. The van der Waals surface area contributed by atoms with Crippen molar-refractivity contribution in [2.24, 2.45) is 0 Å². The standard InChI is InChI=1S/2C25H31FN6O3/c2*1-15-7-16-10-27-32(24-9-23(28-25(29-24)34-2)31-11-18(33)12-31)22(16)8-20(15)19-3-5-30(13-21(19)26)17-4-6-35-14-17/h2*7-10,17-19,21,33H,3-6,11-14H2,1-2H3. The van der Waals surface area contributed by atoms with Gasteiger partial charge in [-0.15, -0.1) is 0 Å². The Labute approximate surface area is 405 Å². The molecule has 0 saturated carbocycles. The van der Waals surface area contributed by atoms with Gasteiger partial charge in [0.2, 0.25) is 0 Å². The topological polar surface area (TPSA) is 178 Å². The third-order valence-corrected chi connectivity index (χ3v) is 15.2. The molecule has 0 aliphatic carbocycles. The Hall–Kier alpha value is -5.64. The molecule has 0 radical (unpaired) electrons. The van der Waals surface area contributed by atoms with Crippen LogP contribution >= 0.6 is 0 Å². The van der Waals surface area contributed by atoms with Gasteiger partial charge in [0.1, 0.15) is 24.0 Å². The fraction of sp³-hybridized carbons (Fsp3) is 0.560. The predicted octanol–water partition coefficient (Wildman–Crippen LogP) is 4.46. The second-order valence-corrected chi connectivity index (χ2v) is 19.8. The van der Waals surface area contributed by atoms with E-state index in [4.69, 9.17) is 18.9 Å². The Balaban J connectivity index is 0.000000152. The third-order valence-electron chi connectivity index (χ3n) is 15.2. The molecule has 0 spiro atoms. The van der Waals surface area contributed by atoms with Crippen molar-refractivity contribution in [3.05, 3.63) is 71.0 Å². The minimum Gasteiger partial charge on any atom is -0.467 e. The average molecular weight is 965 g/mol. The quantitative estimate of drug-likeness (QED) is 0.197. The number of anilines is 2. The Morgan fingerprint density at radius 2 is 0.971 bits per heavy atom. The highest BCUT2D eigenvalue weighted by molar-refractivity contribution is 5.83. The number of rotatable bonds is 10. The van der Waals surface area contributed by atoms with Crippen molar-refractivity contribution in [3.63, 3.8) is 0 Å². The second kappa shape index (κ2) is 19.5. The molecule has 6 aliphatic rings. The van der Waals surface area contributed by atoms with E-state index in [2.05, 4.69) is 78.0 Å². The first-order valence-corrected chi connectivity index (χ1v) is 24.6.